The average Bonchev–Trinajstić information content (AvgIpc) is 3.18. The number of hydrogen-bond acceptors (Lipinski definition) is 3. The summed E-state index contributed by atoms with van der Waals surface area (Å²) in [6, 6.07) is 21.9. The molecule has 1 aromatic heterocycles. The Kier molecular flexibility index (Phi) is 8.23. The lowest BCUT2D eigenvalue weighted by atomic mass is 10.2. The molecule has 0 saturated carbocycles. The summed E-state index contributed by atoms with van der Waals surface area (Å²) in [5, 5.41) is 0.749. The van der Waals surface area contributed by atoms with E-state index in [9.17, 15) is 4.79 Å². The largest absolute Gasteiger partial charge is 0.383 e. The molecule has 4 nitrogen and oxygen atoms in total. The standard InChI is InChI=1S/C23H25ClN2O2S/c1-28-15-14-26(23(27)18-29-21-10-3-2-4-11-21)17-20-9-7-13-25(20)16-19-8-5-6-12-22(19)24/h2-13H,14-18H2,1H3. The maximum absolute atomic E-state index is 12.9. The van der Waals surface area contributed by atoms with E-state index in [1.807, 2.05) is 77.8 Å². The van der Waals surface area contributed by atoms with Gasteiger partial charge in [0.2, 0.25) is 5.91 Å². The molecule has 0 bridgehead atoms. The van der Waals surface area contributed by atoms with E-state index in [1.54, 1.807) is 18.9 Å². The molecule has 152 valence electrons. The zero-order valence-corrected chi connectivity index (χ0v) is 18.0. The Labute approximate surface area is 181 Å². The fourth-order valence-electron chi connectivity index (χ4n) is 3.00. The molecule has 0 aliphatic heterocycles. The van der Waals surface area contributed by atoms with Crippen LogP contribution >= 0.6 is 23.4 Å². The SMILES string of the molecule is COCCN(Cc1cccn1Cc1ccccc1Cl)C(=O)CSc1ccccc1. The lowest BCUT2D eigenvalue weighted by molar-refractivity contribution is -0.129. The monoisotopic (exact) mass is 428 g/mol. The molecular formula is C23H25ClN2O2S. The second-order valence-electron chi connectivity index (χ2n) is 6.63. The second-order valence-corrected chi connectivity index (χ2v) is 8.08. The summed E-state index contributed by atoms with van der Waals surface area (Å²) >= 11 is 7.88. The van der Waals surface area contributed by atoms with Crippen molar-refractivity contribution in [3.8, 4) is 0 Å². The van der Waals surface area contributed by atoms with Crippen molar-refractivity contribution in [1.82, 2.24) is 9.47 Å². The van der Waals surface area contributed by atoms with Gasteiger partial charge < -0.3 is 14.2 Å². The molecule has 0 N–H and O–H groups in total. The zero-order chi connectivity index (χ0) is 20.5. The molecule has 29 heavy (non-hydrogen) atoms. The molecule has 0 aliphatic rings. The Balaban J connectivity index is 1.68. The van der Waals surface area contributed by atoms with Crippen LogP contribution in [0.15, 0.2) is 77.8 Å². The molecule has 2 aromatic carbocycles. The lowest BCUT2D eigenvalue weighted by Gasteiger charge is -2.23. The molecule has 0 spiro atoms. The number of carbonyl (C=O) groups excluding carboxylic acids is 1. The number of carbonyl (C=O) groups is 1. The van der Waals surface area contributed by atoms with E-state index in [0.717, 1.165) is 21.2 Å². The molecule has 0 fully saturated rings. The van der Waals surface area contributed by atoms with E-state index in [-0.39, 0.29) is 5.91 Å². The molecular weight excluding hydrogens is 404 g/mol. The van der Waals surface area contributed by atoms with Gasteiger partial charge in [-0.1, -0.05) is 48.0 Å². The number of aromatic nitrogens is 1. The number of thioether (sulfide) groups is 1. The maximum atomic E-state index is 12.9. The van der Waals surface area contributed by atoms with Gasteiger partial charge in [0.25, 0.3) is 0 Å². The summed E-state index contributed by atoms with van der Waals surface area (Å²) in [7, 11) is 1.65. The molecule has 0 unspecified atom stereocenters. The smallest absolute Gasteiger partial charge is 0.233 e. The number of hydrogen-bond donors (Lipinski definition) is 0. The normalized spacial score (nSPS) is 10.8. The minimum atomic E-state index is 0.0985. The third-order valence-electron chi connectivity index (χ3n) is 4.60. The maximum Gasteiger partial charge on any atom is 0.233 e. The first-order chi connectivity index (χ1) is 14.2. The van der Waals surface area contributed by atoms with E-state index in [1.165, 1.54) is 0 Å². The molecule has 0 aliphatic carbocycles. The van der Waals surface area contributed by atoms with Crippen LogP contribution in [0.5, 0.6) is 0 Å². The van der Waals surface area contributed by atoms with E-state index < -0.39 is 0 Å². The highest BCUT2D eigenvalue weighted by molar-refractivity contribution is 8.00. The van der Waals surface area contributed by atoms with E-state index in [2.05, 4.69) is 4.57 Å². The number of nitrogens with zero attached hydrogens (tertiary/aromatic N) is 2. The summed E-state index contributed by atoms with van der Waals surface area (Å²) in [4.78, 5) is 15.8. The topological polar surface area (TPSA) is 34.5 Å². The highest BCUT2D eigenvalue weighted by atomic mass is 35.5. The summed E-state index contributed by atoms with van der Waals surface area (Å²) in [6.45, 7) is 2.27. The number of rotatable bonds is 10. The molecule has 0 radical (unpaired) electrons. The Hall–Kier alpha value is -2.21. The Morgan fingerprint density at radius 3 is 2.59 bits per heavy atom. The van der Waals surface area contributed by atoms with Crippen molar-refractivity contribution in [2.45, 2.75) is 18.0 Å². The van der Waals surface area contributed by atoms with E-state index in [4.69, 9.17) is 16.3 Å². The highest BCUT2D eigenvalue weighted by Crippen LogP contribution is 2.20. The van der Waals surface area contributed by atoms with Crippen LogP contribution in [0.2, 0.25) is 5.02 Å². The number of amides is 1. The van der Waals surface area contributed by atoms with Crippen LogP contribution in [-0.2, 0) is 22.6 Å². The van der Waals surface area contributed by atoms with Crippen LogP contribution in [-0.4, -0.2) is 41.4 Å². The van der Waals surface area contributed by atoms with Crippen LogP contribution in [0.3, 0.4) is 0 Å². The Morgan fingerprint density at radius 1 is 1.07 bits per heavy atom. The summed E-state index contributed by atoms with van der Waals surface area (Å²) in [5.74, 6) is 0.500. The zero-order valence-electron chi connectivity index (χ0n) is 16.5. The summed E-state index contributed by atoms with van der Waals surface area (Å²) in [6.07, 6.45) is 2.02. The van der Waals surface area contributed by atoms with Crippen LogP contribution in [0, 0.1) is 0 Å². The number of benzene rings is 2. The second kappa shape index (κ2) is 11.1. The quantitative estimate of drug-likeness (QED) is 0.428. The highest BCUT2D eigenvalue weighted by Gasteiger charge is 2.16. The van der Waals surface area contributed by atoms with Gasteiger partial charge in [-0.15, -0.1) is 11.8 Å². The van der Waals surface area contributed by atoms with Gasteiger partial charge in [0.05, 0.1) is 18.9 Å². The third-order valence-corrected chi connectivity index (χ3v) is 5.96. The van der Waals surface area contributed by atoms with Gasteiger partial charge in [-0.3, -0.25) is 4.79 Å². The summed E-state index contributed by atoms with van der Waals surface area (Å²) < 4.78 is 7.36. The number of methoxy groups -OCH3 is 1. The first-order valence-corrected chi connectivity index (χ1v) is 10.9. The van der Waals surface area contributed by atoms with Gasteiger partial charge in [-0.2, -0.15) is 0 Å². The molecule has 1 amide bonds. The van der Waals surface area contributed by atoms with Gasteiger partial charge in [0.1, 0.15) is 0 Å². The van der Waals surface area contributed by atoms with Crippen molar-refractivity contribution < 1.29 is 9.53 Å². The van der Waals surface area contributed by atoms with E-state index in [0.29, 0.717) is 32.0 Å². The molecule has 3 rings (SSSR count). The van der Waals surface area contributed by atoms with Gasteiger partial charge in [-0.05, 0) is 35.9 Å². The van der Waals surface area contributed by atoms with Crippen LogP contribution < -0.4 is 0 Å². The van der Waals surface area contributed by atoms with Crippen LogP contribution in [0.25, 0.3) is 0 Å². The van der Waals surface area contributed by atoms with Gasteiger partial charge in [-0.25, -0.2) is 0 Å². The van der Waals surface area contributed by atoms with Crippen molar-refractivity contribution in [3.63, 3.8) is 0 Å². The van der Waals surface area contributed by atoms with Crippen molar-refractivity contribution in [2.24, 2.45) is 0 Å². The average molecular weight is 429 g/mol. The van der Waals surface area contributed by atoms with E-state index >= 15 is 0 Å². The molecule has 0 saturated heterocycles. The van der Waals surface area contributed by atoms with Crippen molar-refractivity contribution in [1.29, 1.82) is 0 Å². The third kappa shape index (κ3) is 6.39. The fraction of sp³-hybridized carbons (Fsp3) is 0.261. The van der Waals surface area contributed by atoms with Gasteiger partial charge >= 0.3 is 0 Å². The molecule has 0 atom stereocenters. The molecule has 1 heterocycles. The molecule has 3 aromatic rings. The summed E-state index contributed by atoms with van der Waals surface area (Å²) in [5.41, 5.74) is 2.13. The number of ether oxygens (including phenoxy) is 1. The predicted octanol–water partition coefficient (Wildman–Crippen LogP) is 4.96. The first-order valence-electron chi connectivity index (χ1n) is 9.49. The fourth-order valence-corrected chi connectivity index (χ4v) is 4.02. The van der Waals surface area contributed by atoms with Gasteiger partial charge in [0, 0.05) is 42.0 Å². The van der Waals surface area contributed by atoms with Crippen LogP contribution in [0.4, 0.5) is 0 Å². The van der Waals surface area contributed by atoms with Crippen molar-refractivity contribution in [3.05, 3.63) is 89.2 Å². The van der Waals surface area contributed by atoms with Crippen LogP contribution in [0.1, 0.15) is 11.3 Å². The van der Waals surface area contributed by atoms with Crippen molar-refractivity contribution in [2.75, 3.05) is 26.0 Å². The minimum absolute atomic E-state index is 0.0985. The minimum Gasteiger partial charge on any atom is -0.383 e. The number of halogens is 1. The Bertz CT molecular complexity index is 914. The lowest BCUT2D eigenvalue weighted by Crippen LogP contribution is -2.35. The predicted molar refractivity (Wildman–Crippen MR) is 119 cm³/mol. The van der Waals surface area contributed by atoms with Crippen molar-refractivity contribution >= 4 is 29.3 Å². The molecule has 6 heteroatoms. The first kappa shape index (κ1) is 21.5. The van der Waals surface area contributed by atoms with Gasteiger partial charge in [0.15, 0.2) is 0 Å². The Morgan fingerprint density at radius 2 is 1.83 bits per heavy atom.